The van der Waals surface area contributed by atoms with E-state index in [0.29, 0.717) is 0 Å². The number of aryl methyl sites for hydroxylation is 1. The summed E-state index contributed by atoms with van der Waals surface area (Å²) in [5.74, 6) is 0.800. The van der Waals surface area contributed by atoms with Gasteiger partial charge < -0.3 is 10.2 Å². The third-order valence-electron chi connectivity index (χ3n) is 3.95. The van der Waals surface area contributed by atoms with Crippen molar-refractivity contribution in [3.63, 3.8) is 0 Å². The smallest absolute Gasteiger partial charge is 0.225 e. The fourth-order valence-electron chi connectivity index (χ4n) is 1.68. The second-order valence-electron chi connectivity index (χ2n) is 7.11. The number of rotatable bonds is 5. The van der Waals surface area contributed by atoms with Crippen LogP contribution in [-0.2, 0) is 6.54 Å². The summed E-state index contributed by atoms with van der Waals surface area (Å²) < 4.78 is 0. The molecule has 0 unspecified atom stereocenters. The predicted octanol–water partition coefficient (Wildman–Crippen LogP) is 3.30. The standard InChI is InChI=1S/C16H30N4/c1-9-16(6,7)20(8)14-17-10-13(12(2)19-14)11-18-15(3,4)5/h10,18H,9,11H2,1-8H3. The molecule has 1 aromatic rings. The first-order valence-corrected chi connectivity index (χ1v) is 7.38. The molecular formula is C16H30N4. The molecule has 1 rings (SSSR count). The van der Waals surface area contributed by atoms with E-state index in [1.54, 1.807) is 0 Å². The molecule has 1 N–H and O–H groups in total. The van der Waals surface area contributed by atoms with Crippen molar-refractivity contribution in [2.24, 2.45) is 0 Å². The van der Waals surface area contributed by atoms with E-state index in [9.17, 15) is 0 Å². The van der Waals surface area contributed by atoms with Crippen molar-refractivity contribution in [1.29, 1.82) is 0 Å². The number of nitrogens with zero attached hydrogens (tertiary/aromatic N) is 3. The summed E-state index contributed by atoms with van der Waals surface area (Å²) in [4.78, 5) is 11.3. The number of anilines is 1. The van der Waals surface area contributed by atoms with Crippen LogP contribution in [0.4, 0.5) is 5.95 Å². The molecule has 0 radical (unpaired) electrons. The molecule has 0 saturated heterocycles. The second-order valence-corrected chi connectivity index (χ2v) is 7.11. The van der Waals surface area contributed by atoms with E-state index in [1.807, 2.05) is 6.20 Å². The number of hydrogen-bond donors (Lipinski definition) is 1. The van der Waals surface area contributed by atoms with Gasteiger partial charge in [-0.2, -0.15) is 0 Å². The lowest BCUT2D eigenvalue weighted by Gasteiger charge is -2.35. The minimum Gasteiger partial charge on any atom is -0.339 e. The zero-order valence-electron chi connectivity index (χ0n) is 14.3. The predicted molar refractivity (Wildman–Crippen MR) is 86.1 cm³/mol. The van der Waals surface area contributed by atoms with Crippen molar-refractivity contribution >= 4 is 5.95 Å². The maximum Gasteiger partial charge on any atom is 0.225 e. The first-order chi connectivity index (χ1) is 9.07. The van der Waals surface area contributed by atoms with E-state index in [4.69, 9.17) is 0 Å². The van der Waals surface area contributed by atoms with E-state index < -0.39 is 0 Å². The second kappa shape index (κ2) is 6.08. The fraction of sp³-hybridized carbons (Fsp3) is 0.750. The van der Waals surface area contributed by atoms with Gasteiger partial charge in [0.05, 0.1) is 0 Å². The van der Waals surface area contributed by atoms with Crippen LogP contribution in [0.2, 0.25) is 0 Å². The van der Waals surface area contributed by atoms with Crippen LogP contribution in [0.1, 0.15) is 59.2 Å². The molecule has 0 atom stereocenters. The Morgan fingerprint density at radius 1 is 1.20 bits per heavy atom. The van der Waals surface area contributed by atoms with E-state index in [2.05, 4.69) is 75.7 Å². The topological polar surface area (TPSA) is 41.1 Å². The minimum atomic E-state index is 0.0671. The first-order valence-electron chi connectivity index (χ1n) is 7.38. The molecule has 0 aromatic carbocycles. The number of aromatic nitrogens is 2. The van der Waals surface area contributed by atoms with Crippen LogP contribution in [0.25, 0.3) is 0 Å². The molecular weight excluding hydrogens is 248 g/mol. The van der Waals surface area contributed by atoms with Gasteiger partial charge in [-0.05, 0) is 48.0 Å². The highest BCUT2D eigenvalue weighted by molar-refractivity contribution is 5.35. The Hall–Kier alpha value is -1.16. The van der Waals surface area contributed by atoms with Crippen LogP contribution in [0, 0.1) is 6.92 Å². The maximum absolute atomic E-state index is 4.66. The lowest BCUT2D eigenvalue weighted by atomic mass is 10.0. The largest absolute Gasteiger partial charge is 0.339 e. The van der Waals surface area contributed by atoms with Crippen LogP contribution in [-0.4, -0.2) is 28.1 Å². The summed E-state index contributed by atoms with van der Waals surface area (Å²) in [6, 6.07) is 0. The van der Waals surface area contributed by atoms with Gasteiger partial charge in [-0.25, -0.2) is 9.97 Å². The fourth-order valence-corrected chi connectivity index (χ4v) is 1.68. The average Bonchev–Trinajstić information content (AvgIpc) is 2.35. The van der Waals surface area contributed by atoms with Crippen molar-refractivity contribution in [2.45, 2.75) is 72.5 Å². The summed E-state index contributed by atoms with van der Waals surface area (Å²) in [6.45, 7) is 15.9. The first kappa shape index (κ1) is 16.9. The minimum absolute atomic E-state index is 0.0671. The van der Waals surface area contributed by atoms with E-state index >= 15 is 0 Å². The third-order valence-corrected chi connectivity index (χ3v) is 3.95. The molecule has 0 saturated carbocycles. The zero-order valence-corrected chi connectivity index (χ0v) is 14.3. The summed E-state index contributed by atoms with van der Waals surface area (Å²) >= 11 is 0. The molecule has 0 spiro atoms. The maximum atomic E-state index is 4.66. The molecule has 4 heteroatoms. The number of nitrogens with one attached hydrogen (secondary N) is 1. The lowest BCUT2D eigenvalue weighted by Crippen LogP contribution is -2.41. The van der Waals surface area contributed by atoms with Crippen molar-refractivity contribution in [3.8, 4) is 0 Å². The van der Waals surface area contributed by atoms with Crippen LogP contribution in [0.15, 0.2) is 6.20 Å². The van der Waals surface area contributed by atoms with Gasteiger partial charge in [-0.3, -0.25) is 0 Å². The van der Waals surface area contributed by atoms with Crippen LogP contribution >= 0.6 is 0 Å². The normalized spacial score (nSPS) is 12.6. The van der Waals surface area contributed by atoms with Crippen LogP contribution in [0.5, 0.6) is 0 Å². The van der Waals surface area contributed by atoms with Gasteiger partial charge in [-0.15, -0.1) is 0 Å². The van der Waals surface area contributed by atoms with Gasteiger partial charge in [-0.1, -0.05) is 6.92 Å². The zero-order chi connectivity index (χ0) is 15.6. The molecule has 1 aromatic heterocycles. The van der Waals surface area contributed by atoms with Crippen LogP contribution < -0.4 is 10.2 Å². The van der Waals surface area contributed by atoms with Crippen molar-refractivity contribution in [2.75, 3.05) is 11.9 Å². The monoisotopic (exact) mass is 278 g/mol. The van der Waals surface area contributed by atoms with Crippen molar-refractivity contribution in [3.05, 3.63) is 17.5 Å². The lowest BCUT2D eigenvalue weighted by molar-refractivity contribution is 0.422. The average molecular weight is 278 g/mol. The summed E-state index contributed by atoms with van der Waals surface area (Å²) in [6.07, 6.45) is 3.00. The van der Waals surface area contributed by atoms with E-state index in [-0.39, 0.29) is 11.1 Å². The Morgan fingerprint density at radius 2 is 1.80 bits per heavy atom. The van der Waals surface area contributed by atoms with Crippen molar-refractivity contribution in [1.82, 2.24) is 15.3 Å². The highest BCUT2D eigenvalue weighted by atomic mass is 15.3. The third kappa shape index (κ3) is 4.44. The van der Waals surface area contributed by atoms with Gasteiger partial charge >= 0.3 is 0 Å². The molecule has 0 amide bonds. The summed E-state index contributed by atoms with van der Waals surface area (Å²) in [5, 5.41) is 3.48. The highest BCUT2D eigenvalue weighted by Gasteiger charge is 2.23. The molecule has 1 heterocycles. The Labute approximate surface area is 124 Å². The van der Waals surface area contributed by atoms with Gasteiger partial charge in [0.1, 0.15) is 0 Å². The molecule has 4 nitrogen and oxygen atoms in total. The molecule has 0 bridgehead atoms. The van der Waals surface area contributed by atoms with Gasteiger partial charge in [0.25, 0.3) is 0 Å². The summed E-state index contributed by atoms with van der Waals surface area (Å²) in [7, 11) is 2.06. The molecule has 0 aliphatic heterocycles. The van der Waals surface area contributed by atoms with Gasteiger partial charge in [0, 0.05) is 42.1 Å². The Balaban J connectivity index is 2.88. The molecule has 20 heavy (non-hydrogen) atoms. The van der Waals surface area contributed by atoms with E-state index in [0.717, 1.165) is 30.2 Å². The van der Waals surface area contributed by atoms with Crippen LogP contribution in [0.3, 0.4) is 0 Å². The number of hydrogen-bond acceptors (Lipinski definition) is 4. The van der Waals surface area contributed by atoms with Crippen molar-refractivity contribution < 1.29 is 0 Å². The SMILES string of the molecule is CCC(C)(C)N(C)c1ncc(CNC(C)(C)C)c(C)n1. The quantitative estimate of drug-likeness (QED) is 0.897. The molecule has 0 aliphatic carbocycles. The Morgan fingerprint density at radius 3 is 2.25 bits per heavy atom. The van der Waals surface area contributed by atoms with E-state index in [1.165, 1.54) is 0 Å². The van der Waals surface area contributed by atoms with Gasteiger partial charge in [0.15, 0.2) is 0 Å². The molecule has 0 fully saturated rings. The summed E-state index contributed by atoms with van der Waals surface area (Å²) in [5.41, 5.74) is 2.38. The molecule has 0 aliphatic rings. The van der Waals surface area contributed by atoms with Gasteiger partial charge in [0.2, 0.25) is 5.95 Å². The Bertz CT molecular complexity index is 446. The Kier molecular flexibility index (Phi) is 5.14. The molecule has 114 valence electrons. The highest BCUT2D eigenvalue weighted by Crippen LogP contribution is 2.22.